The van der Waals surface area contributed by atoms with Crippen molar-refractivity contribution in [1.82, 2.24) is 15.3 Å². The molecule has 0 aliphatic heterocycles. The standard InChI is InChI=1S/C13H13N5O3/c1-8-2-3-15-5-9(8)6-17-13(19)11-4-10(18(20)21)7-16-12(11)14/h2-5,7H,6H2,1H3,(H2,14,16)(H,17,19). The van der Waals surface area contributed by atoms with Gasteiger partial charge in [0.05, 0.1) is 10.5 Å². The van der Waals surface area contributed by atoms with Crippen LogP contribution in [-0.2, 0) is 6.54 Å². The molecule has 0 aliphatic rings. The van der Waals surface area contributed by atoms with Crippen LogP contribution < -0.4 is 11.1 Å². The predicted molar refractivity (Wildman–Crippen MR) is 75.4 cm³/mol. The maximum Gasteiger partial charge on any atom is 0.288 e. The van der Waals surface area contributed by atoms with E-state index < -0.39 is 10.8 Å². The zero-order valence-electron chi connectivity index (χ0n) is 11.2. The normalized spacial score (nSPS) is 10.1. The van der Waals surface area contributed by atoms with E-state index in [0.29, 0.717) is 0 Å². The topological polar surface area (TPSA) is 124 Å². The Bertz CT molecular complexity index is 702. The van der Waals surface area contributed by atoms with Crippen LogP contribution in [0.25, 0.3) is 0 Å². The Balaban J connectivity index is 2.15. The zero-order chi connectivity index (χ0) is 15.4. The minimum atomic E-state index is -0.630. The van der Waals surface area contributed by atoms with Crippen molar-refractivity contribution < 1.29 is 9.72 Å². The Labute approximate surface area is 120 Å². The van der Waals surface area contributed by atoms with E-state index in [2.05, 4.69) is 15.3 Å². The molecule has 0 fully saturated rings. The van der Waals surface area contributed by atoms with Gasteiger partial charge >= 0.3 is 0 Å². The highest BCUT2D eigenvalue weighted by Crippen LogP contribution is 2.16. The number of aromatic nitrogens is 2. The Hall–Kier alpha value is -3.03. The number of nitrogens with one attached hydrogen (secondary N) is 1. The summed E-state index contributed by atoms with van der Waals surface area (Å²) in [5.74, 6) is -0.576. The van der Waals surface area contributed by atoms with Crippen molar-refractivity contribution >= 4 is 17.4 Å². The zero-order valence-corrected chi connectivity index (χ0v) is 11.2. The molecule has 0 radical (unpaired) electrons. The number of carbonyl (C=O) groups is 1. The first-order valence-corrected chi connectivity index (χ1v) is 6.06. The second-order valence-corrected chi connectivity index (χ2v) is 4.37. The third kappa shape index (κ3) is 3.30. The number of pyridine rings is 2. The number of rotatable bonds is 4. The SMILES string of the molecule is Cc1ccncc1CNC(=O)c1cc([N+](=O)[O-])cnc1N. The highest BCUT2D eigenvalue weighted by molar-refractivity contribution is 5.98. The van der Waals surface area contributed by atoms with Crippen molar-refractivity contribution in [1.29, 1.82) is 0 Å². The van der Waals surface area contributed by atoms with Crippen LogP contribution in [0.3, 0.4) is 0 Å². The average Bonchev–Trinajstić information content (AvgIpc) is 2.46. The lowest BCUT2D eigenvalue weighted by Crippen LogP contribution is -2.24. The van der Waals surface area contributed by atoms with Gasteiger partial charge < -0.3 is 11.1 Å². The highest BCUT2D eigenvalue weighted by atomic mass is 16.6. The largest absolute Gasteiger partial charge is 0.383 e. The average molecular weight is 287 g/mol. The molecule has 0 aliphatic carbocycles. The van der Waals surface area contributed by atoms with Crippen LogP contribution in [-0.4, -0.2) is 20.8 Å². The van der Waals surface area contributed by atoms with Gasteiger partial charge in [-0.25, -0.2) is 4.98 Å². The van der Waals surface area contributed by atoms with E-state index in [9.17, 15) is 14.9 Å². The lowest BCUT2D eigenvalue weighted by molar-refractivity contribution is -0.385. The minimum Gasteiger partial charge on any atom is -0.383 e. The van der Waals surface area contributed by atoms with Crippen LogP contribution in [0.1, 0.15) is 21.5 Å². The first-order valence-electron chi connectivity index (χ1n) is 6.06. The molecule has 0 aromatic carbocycles. The summed E-state index contributed by atoms with van der Waals surface area (Å²) in [6.45, 7) is 2.15. The van der Waals surface area contributed by atoms with Gasteiger partial charge in [-0.1, -0.05) is 0 Å². The number of nitrogens with zero attached hydrogens (tertiary/aromatic N) is 3. The lowest BCUT2D eigenvalue weighted by atomic mass is 10.1. The Morgan fingerprint density at radius 1 is 1.48 bits per heavy atom. The first-order chi connectivity index (χ1) is 9.99. The Kier molecular flexibility index (Phi) is 4.07. The summed E-state index contributed by atoms with van der Waals surface area (Å²) in [6, 6.07) is 2.93. The van der Waals surface area contributed by atoms with Crippen molar-refractivity contribution in [3.05, 3.63) is 57.5 Å². The molecule has 0 unspecified atom stereocenters. The molecule has 3 N–H and O–H groups in total. The van der Waals surface area contributed by atoms with Crippen molar-refractivity contribution in [2.75, 3.05) is 5.73 Å². The fraction of sp³-hybridized carbons (Fsp3) is 0.154. The summed E-state index contributed by atoms with van der Waals surface area (Å²) in [6.07, 6.45) is 4.31. The van der Waals surface area contributed by atoms with Crippen molar-refractivity contribution in [3.8, 4) is 0 Å². The molecule has 8 heteroatoms. The molecule has 8 nitrogen and oxygen atoms in total. The molecule has 0 spiro atoms. The molecule has 0 saturated carbocycles. The van der Waals surface area contributed by atoms with Gasteiger partial charge in [-0.2, -0.15) is 0 Å². The number of hydrogen-bond donors (Lipinski definition) is 2. The summed E-state index contributed by atoms with van der Waals surface area (Å²) in [5, 5.41) is 13.3. The number of carbonyl (C=O) groups excluding carboxylic acids is 1. The van der Waals surface area contributed by atoms with Gasteiger partial charge in [0.2, 0.25) is 0 Å². The quantitative estimate of drug-likeness (QED) is 0.643. The van der Waals surface area contributed by atoms with E-state index in [0.717, 1.165) is 23.4 Å². The van der Waals surface area contributed by atoms with Crippen LogP contribution in [0, 0.1) is 17.0 Å². The second-order valence-electron chi connectivity index (χ2n) is 4.37. The van der Waals surface area contributed by atoms with Crippen LogP contribution in [0.5, 0.6) is 0 Å². The maximum absolute atomic E-state index is 12.1. The molecule has 2 aromatic heterocycles. The van der Waals surface area contributed by atoms with Gasteiger partial charge in [0.15, 0.2) is 0 Å². The molecule has 0 atom stereocenters. The number of amides is 1. The van der Waals surface area contributed by atoms with E-state index in [1.807, 2.05) is 13.0 Å². The first kappa shape index (κ1) is 14.4. The van der Waals surface area contributed by atoms with Gasteiger partial charge in [-0.05, 0) is 24.1 Å². The molecular formula is C13H13N5O3. The molecular weight excluding hydrogens is 274 g/mol. The smallest absolute Gasteiger partial charge is 0.288 e. The summed E-state index contributed by atoms with van der Waals surface area (Å²) in [5.41, 5.74) is 7.11. The van der Waals surface area contributed by atoms with Crippen LogP contribution in [0.4, 0.5) is 11.5 Å². The fourth-order valence-electron chi connectivity index (χ4n) is 1.70. The Morgan fingerprint density at radius 3 is 2.90 bits per heavy atom. The van der Waals surface area contributed by atoms with E-state index in [4.69, 9.17) is 5.73 Å². The van der Waals surface area contributed by atoms with Crippen molar-refractivity contribution in [2.24, 2.45) is 0 Å². The molecule has 1 amide bonds. The molecule has 21 heavy (non-hydrogen) atoms. The minimum absolute atomic E-state index is 0.0225. The molecule has 2 aromatic rings. The van der Waals surface area contributed by atoms with Crippen LogP contribution >= 0.6 is 0 Å². The number of anilines is 1. The van der Waals surface area contributed by atoms with Crippen molar-refractivity contribution in [2.45, 2.75) is 13.5 Å². The fourth-order valence-corrected chi connectivity index (χ4v) is 1.70. The van der Waals surface area contributed by atoms with E-state index in [-0.39, 0.29) is 23.6 Å². The van der Waals surface area contributed by atoms with Gasteiger partial charge in [0.1, 0.15) is 12.0 Å². The number of nitrogens with two attached hydrogens (primary N) is 1. The van der Waals surface area contributed by atoms with E-state index >= 15 is 0 Å². The lowest BCUT2D eigenvalue weighted by Gasteiger charge is -2.08. The van der Waals surface area contributed by atoms with Gasteiger partial charge in [-0.3, -0.25) is 19.9 Å². The second kappa shape index (κ2) is 5.95. The highest BCUT2D eigenvalue weighted by Gasteiger charge is 2.16. The van der Waals surface area contributed by atoms with E-state index in [1.54, 1.807) is 12.4 Å². The molecule has 108 valence electrons. The predicted octanol–water partition coefficient (Wildman–Crippen LogP) is 1.21. The maximum atomic E-state index is 12.1. The molecule has 2 rings (SSSR count). The molecule has 2 heterocycles. The molecule has 0 bridgehead atoms. The number of hydrogen-bond acceptors (Lipinski definition) is 6. The van der Waals surface area contributed by atoms with Crippen LogP contribution in [0.2, 0.25) is 0 Å². The van der Waals surface area contributed by atoms with Crippen LogP contribution in [0.15, 0.2) is 30.7 Å². The Morgan fingerprint density at radius 2 is 2.24 bits per heavy atom. The summed E-state index contributed by atoms with van der Waals surface area (Å²) < 4.78 is 0. The third-order valence-electron chi connectivity index (χ3n) is 2.95. The monoisotopic (exact) mass is 287 g/mol. The summed E-state index contributed by atoms with van der Waals surface area (Å²) >= 11 is 0. The van der Waals surface area contributed by atoms with Gasteiger partial charge in [-0.15, -0.1) is 0 Å². The number of nitro groups is 1. The third-order valence-corrected chi connectivity index (χ3v) is 2.95. The van der Waals surface area contributed by atoms with Crippen molar-refractivity contribution in [3.63, 3.8) is 0 Å². The molecule has 0 saturated heterocycles. The number of nitrogen functional groups attached to an aromatic ring is 1. The van der Waals surface area contributed by atoms with E-state index in [1.165, 1.54) is 0 Å². The number of aryl methyl sites for hydroxylation is 1. The summed E-state index contributed by atoms with van der Waals surface area (Å²) in [4.78, 5) is 29.7. The summed E-state index contributed by atoms with van der Waals surface area (Å²) in [7, 11) is 0. The van der Waals surface area contributed by atoms with Gasteiger partial charge in [0.25, 0.3) is 11.6 Å². The van der Waals surface area contributed by atoms with Gasteiger partial charge in [0, 0.05) is 25.0 Å².